The van der Waals surface area contributed by atoms with Crippen LogP contribution in [0.5, 0.6) is 0 Å². The second-order valence-electron chi connectivity index (χ2n) is 6.96. The van der Waals surface area contributed by atoms with Gasteiger partial charge in [0.15, 0.2) is 0 Å². The van der Waals surface area contributed by atoms with Gasteiger partial charge >= 0.3 is 0 Å². The highest BCUT2D eigenvalue weighted by Crippen LogP contribution is 2.24. The molecule has 0 saturated carbocycles. The molecule has 19 heavy (non-hydrogen) atoms. The first kappa shape index (κ1) is 14.5. The zero-order valence-corrected chi connectivity index (χ0v) is 13.0. The van der Waals surface area contributed by atoms with Gasteiger partial charge < -0.3 is 5.32 Å². The first-order chi connectivity index (χ1) is 8.86. The molecule has 2 rings (SSSR count). The predicted octanol–water partition coefficient (Wildman–Crippen LogP) is 2.02. The van der Waals surface area contributed by atoms with Gasteiger partial charge in [-0.15, -0.1) is 0 Å². The Bertz CT molecular complexity index is 405. The molecule has 4 nitrogen and oxygen atoms in total. The Labute approximate surface area is 117 Å². The molecule has 1 aliphatic rings. The Morgan fingerprint density at radius 2 is 2.16 bits per heavy atom. The van der Waals surface area contributed by atoms with Crippen molar-refractivity contribution in [1.82, 2.24) is 20.0 Å². The third-order valence-electron chi connectivity index (χ3n) is 4.18. The monoisotopic (exact) mass is 264 g/mol. The van der Waals surface area contributed by atoms with Gasteiger partial charge in [-0.2, -0.15) is 5.10 Å². The smallest absolute Gasteiger partial charge is 0.0534 e. The van der Waals surface area contributed by atoms with E-state index in [1.807, 2.05) is 17.9 Å². The second-order valence-corrected chi connectivity index (χ2v) is 6.96. The van der Waals surface area contributed by atoms with Crippen LogP contribution >= 0.6 is 0 Å². The predicted molar refractivity (Wildman–Crippen MR) is 78.9 cm³/mol. The minimum atomic E-state index is 0.303. The lowest BCUT2D eigenvalue weighted by Gasteiger charge is -2.35. The van der Waals surface area contributed by atoms with Gasteiger partial charge in [0.2, 0.25) is 0 Å². The molecule has 1 aromatic rings. The van der Waals surface area contributed by atoms with Crippen molar-refractivity contribution in [2.45, 2.75) is 52.7 Å². The van der Waals surface area contributed by atoms with Gasteiger partial charge in [0.05, 0.1) is 6.20 Å². The third-order valence-corrected chi connectivity index (χ3v) is 4.18. The highest BCUT2D eigenvalue weighted by atomic mass is 15.3. The summed E-state index contributed by atoms with van der Waals surface area (Å²) in [6.07, 6.45) is 5.32. The first-order valence-corrected chi connectivity index (χ1v) is 7.31. The zero-order valence-electron chi connectivity index (χ0n) is 13.0. The molecule has 0 spiro atoms. The van der Waals surface area contributed by atoms with E-state index in [1.54, 1.807) is 0 Å². The van der Waals surface area contributed by atoms with Gasteiger partial charge in [0.1, 0.15) is 0 Å². The van der Waals surface area contributed by atoms with E-state index in [0.717, 1.165) is 19.6 Å². The standard InChI is InChI=1S/C15H28N4/c1-12-6-7-16-14(15(2,3)4)11-19(12)10-13-8-17-18(5)9-13/h8-9,12,14,16H,6-7,10-11H2,1-5H3. The zero-order chi connectivity index (χ0) is 14.0. The van der Waals surface area contributed by atoms with Crippen LogP contribution in [0, 0.1) is 5.41 Å². The van der Waals surface area contributed by atoms with E-state index in [1.165, 1.54) is 12.0 Å². The lowest BCUT2D eigenvalue weighted by atomic mass is 9.86. The third kappa shape index (κ3) is 3.80. The molecular weight excluding hydrogens is 236 g/mol. The first-order valence-electron chi connectivity index (χ1n) is 7.31. The van der Waals surface area contributed by atoms with E-state index >= 15 is 0 Å². The van der Waals surface area contributed by atoms with Crippen molar-refractivity contribution in [3.05, 3.63) is 18.0 Å². The van der Waals surface area contributed by atoms with Crippen LogP contribution in [0.2, 0.25) is 0 Å². The molecule has 1 aromatic heterocycles. The average Bonchev–Trinajstić information content (AvgIpc) is 2.60. The molecule has 2 atom stereocenters. The van der Waals surface area contributed by atoms with Crippen molar-refractivity contribution in [2.24, 2.45) is 12.5 Å². The van der Waals surface area contributed by atoms with Crippen LogP contribution in [-0.2, 0) is 13.6 Å². The maximum atomic E-state index is 4.27. The molecule has 2 unspecified atom stereocenters. The van der Waals surface area contributed by atoms with Crippen LogP contribution < -0.4 is 5.32 Å². The largest absolute Gasteiger partial charge is 0.312 e. The van der Waals surface area contributed by atoms with E-state index in [0.29, 0.717) is 17.5 Å². The molecular formula is C15H28N4. The summed E-state index contributed by atoms with van der Waals surface area (Å²) in [6, 6.07) is 1.18. The van der Waals surface area contributed by atoms with E-state index in [-0.39, 0.29) is 0 Å². The van der Waals surface area contributed by atoms with Crippen LogP contribution in [0.15, 0.2) is 12.4 Å². The fourth-order valence-electron chi connectivity index (χ4n) is 2.72. The molecule has 108 valence electrons. The Kier molecular flexibility index (Phi) is 4.31. The fraction of sp³-hybridized carbons (Fsp3) is 0.800. The molecule has 0 aliphatic carbocycles. The summed E-state index contributed by atoms with van der Waals surface area (Å²) in [5.74, 6) is 0. The van der Waals surface area contributed by atoms with Crippen molar-refractivity contribution < 1.29 is 0 Å². The van der Waals surface area contributed by atoms with Crippen molar-refractivity contribution in [2.75, 3.05) is 13.1 Å². The molecule has 0 radical (unpaired) electrons. The molecule has 1 N–H and O–H groups in total. The van der Waals surface area contributed by atoms with Crippen LogP contribution in [0.4, 0.5) is 0 Å². The van der Waals surface area contributed by atoms with Gasteiger partial charge in [-0.05, 0) is 25.3 Å². The van der Waals surface area contributed by atoms with E-state index in [4.69, 9.17) is 0 Å². The molecule has 1 aliphatic heterocycles. The van der Waals surface area contributed by atoms with Gasteiger partial charge in [-0.3, -0.25) is 9.58 Å². The molecule has 1 saturated heterocycles. The van der Waals surface area contributed by atoms with E-state index in [9.17, 15) is 0 Å². The summed E-state index contributed by atoms with van der Waals surface area (Å²) < 4.78 is 1.89. The summed E-state index contributed by atoms with van der Waals surface area (Å²) >= 11 is 0. The molecule has 1 fully saturated rings. The van der Waals surface area contributed by atoms with Crippen molar-refractivity contribution in [1.29, 1.82) is 0 Å². The van der Waals surface area contributed by atoms with E-state index < -0.39 is 0 Å². The van der Waals surface area contributed by atoms with E-state index in [2.05, 4.69) is 49.2 Å². The summed E-state index contributed by atoms with van der Waals surface area (Å²) in [5.41, 5.74) is 1.61. The summed E-state index contributed by atoms with van der Waals surface area (Å²) in [5, 5.41) is 7.98. The number of hydrogen-bond donors (Lipinski definition) is 1. The summed E-state index contributed by atoms with van der Waals surface area (Å²) in [4.78, 5) is 2.59. The lowest BCUT2D eigenvalue weighted by molar-refractivity contribution is 0.157. The maximum Gasteiger partial charge on any atom is 0.0534 e. The Morgan fingerprint density at radius 3 is 2.74 bits per heavy atom. The van der Waals surface area contributed by atoms with Gasteiger partial charge in [-0.25, -0.2) is 0 Å². The van der Waals surface area contributed by atoms with Crippen molar-refractivity contribution >= 4 is 0 Å². The highest BCUT2D eigenvalue weighted by molar-refractivity contribution is 5.04. The average molecular weight is 264 g/mol. The minimum absolute atomic E-state index is 0.303. The quantitative estimate of drug-likeness (QED) is 0.887. The normalized spacial score (nSPS) is 26.4. The summed E-state index contributed by atoms with van der Waals surface area (Å²) in [6.45, 7) is 12.5. The van der Waals surface area contributed by atoms with Gasteiger partial charge in [0.25, 0.3) is 0 Å². The lowest BCUT2D eigenvalue weighted by Crippen LogP contribution is -2.47. The highest BCUT2D eigenvalue weighted by Gasteiger charge is 2.30. The molecule has 0 aromatic carbocycles. The number of rotatable bonds is 2. The minimum Gasteiger partial charge on any atom is -0.312 e. The van der Waals surface area contributed by atoms with Gasteiger partial charge in [0, 0.05) is 44.0 Å². The van der Waals surface area contributed by atoms with Crippen LogP contribution in [0.3, 0.4) is 0 Å². The molecule has 4 heteroatoms. The van der Waals surface area contributed by atoms with Gasteiger partial charge in [-0.1, -0.05) is 20.8 Å². The van der Waals surface area contributed by atoms with Crippen molar-refractivity contribution in [3.8, 4) is 0 Å². The SMILES string of the molecule is CC1CCNC(C(C)(C)C)CN1Cc1cnn(C)c1. The summed E-state index contributed by atoms with van der Waals surface area (Å²) in [7, 11) is 1.98. The second kappa shape index (κ2) is 5.63. The van der Waals surface area contributed by atoms with Crippen molar-refractivity contribution in [3.63, 3.8) is 0 Å². The number of aryl methyl sites for hydroxylation is 1. The van der Waals surface area contributed by atoms with Crippen LogP contribution in [-0.4, -0.2) is 39.9 Å². The number of nitrogens with one attached hydrogen (secondary N) is 1. The number of hydrogen-bond acceptors (Lipinski definition) is 3. The maximum absolute atomic E-state index is 4.27. The molecule has 0 amide bonds. The molecule has 2 heterocycles. The number of aromatic nitrogens is 2. The molecule has 0 bridgehead atoms. The van der Waals surface area contributed by atoms with Crippen LogP contribution in [0.25, 0.3) is 0 Å². The van der Waals surface area contributed by atoms with Crippen LogP contribution in [0.1, 0.15) is 39.7 Å². The Hall–Kier alpha value is -0.870. The Morgan fingerprint density at radius 1 is 1.42 bits per heavy atom. The number of nitrogens with zero attached hydrogens (tertiary/aromatic N) is 3. The fourth-order valence-corrected chi connectivity index (χ4v) is 2.72. The Balaban J connectivity index is 2.07. The topological polar surface area (TPSA) is 33.1 Å².